The molecule has 0 aliphatic carbocycles. The van der Waals surface area contributed by atoms with Crippen LogP contribution in [0.2, 0.25) is 5.02 Å². The van der Waals surface area contributed by atoms with Crippen LogP contribution in [0.15, 0.2) is 24.3 Å². The molecule has 8 nitrogen and oxygen atoms in total. The number of aliphatic hydroxyl groups excluding tert-OH is 1. The van der Waals surface area contributed by atoms with E-state index in [1.807, 2.05) is 6.92 Å². The topological polar surface area (TPSA) is 100 Å². The highest BCUT2D eigenvalue weighted by atomic mass is 35.5. The molecular formula is C21H30ClN3O5. The molecule has 2 fully saturated rings. The molecule has 0 aromatic heterocycles. The van der Waals surface area contributed by atoms with Gasteiger partial charge in [0.25, 0.3) is 0 Å². The van der Waals surface area contributed by atoms with Crippen molar-refractivity contribution >= 4 is 29.2 Å². The van der Waals surface area contributed by atoms with E-state index in [2.05, 4.69) is 10.6 Å². The van der Waals surface area contributed by atoms with Crippen molar-refractivity contribution in [2.24, 2.45) is 0 Å². The summed E-state index contributed by atoms with van der Waals surface area (Å²) in [5.41, 5.74) is 0.582. The number of carbonyl (C=O) groups is 2. The summed E-state index contributed by atoms with van der Waals surface area (Å²) >= 11 is 6.01. The third-order valence-electron chi connectivity index (χ3n) is 5.30. The van der Waals surface area contributed by atoms with E-state index in [0.717, 1.165) is 6.42 Å². The summed E-state index contributed by atoms with van der Waals surface area (Å²) in [7, 11) is 0. The molecule has 166 valence electrons. The molecule has 0 radical (unpaired) electrons. The van der Waals surface area contributed by atoms with Crippen molar-refractivity contribution < 1.29 is 24.2 Å². The van der Waals surface area contributed by atoms with Crippen molar-refractivity contribution in [2.75, 3.05) is 31.6 Å². The number of rotatable bonds is 5. The van der Waals surface area contributed by atoms with Gasteiger partial charge in [0.15, 0.2) is 0 Å². The van der Waals surface area contributed by atoms with Gasteiger partial charge in [-0.25, -0.2) is 4.79 Å². The van der Waals surface area contributed by atoms with Crippen LogP contribution in [-0.2, 0) is 14.3 Å². The number of carbonyl (C=O) groups excluding carboxylic acids is 2. The standard InChI is InChI=1S/C21H30ClN3O5/c1-2-8-23-20(27)10-17-6-7-18-19(30-17)13-29-12-16(26)11-25(18)21(28)24-15-5-3-4-14(22)9-15/h3-5,9,16-19,26H,2,6-8,10-13H2,1H3,(H,23,27)(H,24,28)/t16-,17-,18+,19-/m1/s1. The molecule has 2 saturated heterocycles. The zero-order valence-electron chi connectivity index (χ0n) is 17.2. The van der Waals surface area contributed by atoms with Crippen LogP contribution in [0.3, 0.4) is 0 Å². The van der Waals surface area contributed by atoms with Crippen LogP contribution in [-0.4, -0.2) is 72.6 Å². The Balaban J connectivity index is 1.67. The maximum absolute atomic E-state index is 13.0. The Kier molecular flexibility index (Phi) is 8.32. The first-order chi connectivity index (χ1) is 14.5. The smallest absolute Gasteiger partial charge is 0.322 e. The maximum atomic E-state index is 13.0. The molecule has 9 heteroatoms. The summed E-state index contributed by atoms with van der Waals surface area (Å²) in [5, 5.41) is 16.5. The van der Waals surface area contributed by atoms with Gasteiger partial charge in [-0.15, -0.1) is 0 Å². The molecule has 30 heavy (non-hydrogen) atoms. The zero-order valence-corrected chi connectivity index (χ0v) is 17.9. The highest BCUT2D eigenvalue weighted by Crippen LogP contribution is 2.28. The number of amides is 3. The molecule has 3 N–H and O–H groups in total. The highest BCUT2D eigenvalue weighted by molar-refractivity contribution is 6.30. The molecule has 0 saturated carbocycles. The maximum Gasteiger partial charge on any atom is 0.322 e. The summed E-state index contributed by atoms with van der Waals surface area (Å²) in [6, 6.07) is 6.34. The van der Waals surface area contributed by atoms with Gasteiger partial charge < -0.3 is 30.1 Å². The monoisotopic (exact) mass is 439 g/mol. The van der Waals surface area contributed by atoms with E-state index in [4.69, 9.17) is 21.1 Å². The van der Waals surface area contributed by atoms with Crippen molar-refractivity contribution in [1.82, 2.24) is 10.2 Å². The highest BCUT2D eigenvalue weighted by Gasteiger charge is 2.40. The molecule has 3 rings (SSSR count). The molecule has 2 heterocycles. The Labute approximate surface area is 181 Å². The lowest BCUT2D eigenvalue weighted by atomic mass is 9.95. The van der Waals surface area contributed by atoms with Gasteiger partial charge in [0.2, 0.25) is 5.91 Å². The van der Waals surface area contributed by atoms with Crippen molar-refractivity contribution in [3.05, 3.63) is 29.3 Å². The average Bonchev–Trinajstić information content (AvgIpc) is 2.69. The Morgan fingerprint density at radius 3 is 2.90 bits per heavy atom. The first kappa shape index (κ1) is 22.8. The third-order valence-corrected chi connectivity index (χ3v) is 5.54. The van der Waals surface area contributed by atoms with Crippen LogP contribution in [0.25, 0.3) is 0 Å². The van der Waals surface area contributed by atoms with E-state index < -0.39 is 6.10 Å². The SMILES string of the molecule is CCCNC(=O)C[C@H]1CC[C@H]2[C@@H](COC[C@H](O)CN2C(=O)Nc2cccc(Cl)c2)O1. The van der Waals surface area contributed by atoms with Gasteiger partial charge >= 0.3 is 6.03 Å². The number of nitrogens with one attached hydrogen (secondary N) is 2. The number of β-amino-alcohol motifs (C(OH)–C–C–N with tert-alkyl or cyclic N) is 1. The number of halogens is 1. The van der Waals surface area contributed by atoms with E-state index in [1.165, 1.54) is 0 Å². The lowest BCUT2D eigenvalue weighted by Crippen LogP contribution is -2.58. The van der Waals surface area contributed by atoms with Crippen LogP contribution >= 0.6 is 11.6 Å². The largest absolute Gasteiger partial charge is 0.389 e. The number of nitrogens with zero attached hydrogens (tertiary/aromatic N) is 1. The van der Waals surface area contributed by atoms with Gasteiger partial charge in [0, 0.05) is 17.3 Å². The minimum Gasteiger partial charge on any atom is -0.389 e. The number of hydrogen-bond acceptors (Lipinski definition) is 5. The molecule has 4 atom stereocenters. The zero-order chi connectivity index (χ0) is 21.5. The van der Waals surface area contributed by atoms with Gasteiger partial charge in [-0.2, -0.15) is 0 Å². The van der Waals surface area contributed by atoms with Crippen LogP contribution in [0.5, 0.6) is 0 Å². The van der Waals surface area contributed by atoms with Crippen LogP contribution in [0.4, 0.5) is 10.5 Å². The van der Waals surface area contributed by atoms with Gasteiger partial charge in [-0.1, -0.05) is 24.6 Å². The number of anilines is 1. The summed E-state index contributed by atoms with van der Waals surface area (Å²) in [4.78, 5) is 26.7. The Morgan fingerprint density at radius 2 is 2.13 bits per heavy atom. The minimum absolute atomic E-state index is 0.0296. The van der Waals surface area contributed by atoms with Gasteiger partial charge in [0.1, 0.15) is 6.10 Å². The molecule has 0 bridgehead atoms. The molecule has 1 aromatic carbocycles. The Bertz CT molecular complexity index is 734. The fourth-order valence-corrected chi connectivity index (χ4v) is 4.07. The third kappa shape index (κ3) is 6.31. The molecule has 3 amide bonds. The summed E-state index contributed by atoms with van der Waals surface area (Å²) in [5.74, 6) is -0.0296. The lowest BCUT2D eigenvalue weighted by molar-refractivity contribution is -0.149. The molecule has 1 aromatic rings. The number of fused-ring (bicyclic) bond motifs is 1. The number of urea groups is 1. The Morgan fingerprint density at radius 1 is 1.30 bits per heavy atom. The second-order valence-electron chi connectivity index (χ2n) is 7.78. The fourth-order valence-electron chi connectivity index (χ4n) is 3.88. The van der Waals surface area contributed by atoms with Crippen LogP contribution in [0, 0.1) is 0 Å². The average molecular weight is 440 g/mol. The second-order valence-corrected chi connectivity index (χ2v) is 8.22. The van der Waals surface area contributed by atoms with E-state index in [0.29, 0.717) is 36.5 Å². The molecule has 2 aliphatic rings. The van der Waals surface area contributed by atoms with Crippen LogP contribution < -0.4 is 10.6 Å². The molecule has 2 aliphatic heterocycles. The fraction of sp³-hybridized carbons (Fsp3) is 0.619. The number of aliphatic hydroxyl groups is 1. The van der Waals surface area contributed by atoms with E-state index in [1.54, 1.807) is 29.2 Å². The first-order valence-electron chi connectivity index (χ1n) is 10.5. The van der Waals surface area contributed by atoms with Crippen LogP contribution in [0.1, 0.15) is 32.6 Å². The lowest BCUT2D eigenvalue weighted by Gasteiger charge is -2.44. The number of ether oxygens (including phenoxy) is 2. The summed E-state index contributed by atoms with van der Waals surface area (Å²) in [6.07, 6.45) is 1.13. The number of benzene rings is 1. The van der Waals surface area contributed by atoms with E-state index in [9.17, 15) is 14.7 Å². The summed E-state index contributed by atoms with van der Waals surface area (Å²) in [6.45, 7) is 3.17. The van der Waals surface area contributed by atoms with Crippen molar-refractivity contribution in [3.63, 3.8) is 0 Å². The second kappa shape index (κ2) is 10.9. The first-order valence-corrected chi connectivity index (χ1v) is 10.8. The predicted molar refractivity (Wildman–Crippen MR) is 114 cm³/mol. The van der Waals surface area contributed by atoms with Crippen molar-refractivity contribution in [2.45, 2.75) is 57.0 Å². The minimum atomic E-state index is -0.784. The summed E-state index contributed by atoms with van der Waals surface area (Å²) < 4.78 is 11.7. The Hall–Kier alpha value is -1.87. The van der Waals surface area contributed by atoms with E-state index >= 15 is 0 Å². The molecule has 0 spiro atoms. The predicted octanol–water partition coefficient (Wildman–Crippen LogP) is 2.40. The normalized spacial score (nSPS) is 26.8. The van der Waals surface area contributed by atoms with E-state index in [-0.39, 0.29) is 49.9 Å². The van der Waals surface area contributed by atoms with Crippen molar-refractivity contribution in [3.8, 4) is 0 Å². The molecule has 0 unspecified atom stereocenters. The van der Waals surface area contributed by atoms with Gasteiger partial charge in [-0.05, 0) is 37.5 Å². The number of hydrogen-bond donors (Lipinski definition) is 3. The van der Waals surface area contributed by atoms with Gasteiger partial charge in [-0.3, -0.25) is 4.79 Å². The molecular weight excluding hydrogens is 410 g/mol. The van der Waals surface area contributed by atoms with Crippen molar-refractivity contribution in [1.29, 1.82) is 0 Å². The quantitative estimate of drug-likeness (QED) is 0.654. The van der Waals surface area contributed by atoms with Gasteiger partial charge in [0.05, 0.1) is 44.4 Å².